The number of hydrogen-bond acceptors (Lipinski definition) is 3. The van der Waals surface area contributed by atoms with Crippen molar-refractivity contribution in [2.24, 2.45) is 10.9 Å². The van der Waals surface area contributed by atoms with Gasteiger partial charge in [-0.15, -0.1) is 0 Å². The number of rotatable bonds is 3. The summed E-state index contributed by atoms with van der Waals surface area (Å²) in [7, 11) is 2.47. The summed E-state index contributed by atoms with van der Waals surface area (Å²) < 4.78 is 1.16. The third-order valence-electron chi connectivity index (χ3n) is 8.07. The molecule has 4 atom stereocenters. The van der Waals surface area contributed by atoms with Crippen LogP contribution in [0, 0.1) is 5.92 Å². The summed E-state index contributed by atoms with van der Waals surface area (Å²) in [6.07, 6.45) is 6.95. The summed E-state index contributed by atoms with van der Waals surface area (Å²) in [5.41, 5.74) is 14.8. The molecule has 2 N–H and O–H groups in total. The summed E-state index contributed by atoms with van der Waals surface area (Å²) in [5, 5.41) is 0. The number of piperidine rings is 1. The predicted molar refractivity (Wildman–Crippen MR) is 123 cm³/mol. The SMILES string of the molecule is C/C=C1\C[N+]2(C)CC[C@@]34C(=Nc5ccccc53)C(=CNNc3ccccc3)[C@H]1C[C@@H]42. The van der Waals surface area contributed by atoms with Gasteiger partial charge in [0.2, 0.25) is 0 Å². The Bertz CT molecular complexity index is 1100. The Hall–Kier alpha value is -2.85. The first-order chi connectivity index (χ1) is 14.7. The standard InChI is InChI=1S/C26H29N4/c1-3-18-17-30(2)14-13-26-22-11-7-8-12-23(22)28-25(26)21(20(18)15-24(26)30)16-27-29-19-9-5-4-6-10-19/h3-12,16,20,24,27,29H,13-15,17H2,1-2H3/q+1/b18-3+,21-16?/t20-,24-,26+,30?/m0/s1. The zero-order chi connectivity index (χ0) is 20.3. The summed E-state index contributed by atoms with van der Waals surface area (Å²) in [4.78, 5) is 5.28. The zero-order valence-electron chi connectivity index (χ0n) is 17.7. The number of hydrazine groups is 1. The minimum atomic E-state index is 0.0708. The lowest BCUT2D eigenvalue weighted by Gasteiger charge is -2.52. The van der Waals surface area contributed by atoms with E-state index in [0.717, 1.165) is 16.7 Å². The van der Waals surface area contributed by atoms with Crippen LogP contribution >= 0.6 is 0 Å². The molecule has 0 amide bonds. The lowest BCUT2D eigenvalue weighted by Crippen LogP contribution is -2.63. The van der Waals surface area contributed by atoms with Crippen LogP contribution in [0.4, 0.5) is 11.4 Å². The molecule has 1 unspecified atom stereocenters. The van der Waals surface area contributed by atoms with E-state index < -0.39 is 0 Å². The van der Waals surface area contributed by atoms with E-state index in [0.29, 0.717) is 12.0 Å². The third-order valence-corrected chi connectivity index (χ3v) is 8.07. The quantitative estimate of drug-likeness (QED) is 0.447. The van der Waals surface area contributed by atoms with Crippen molar-refractivity contribution in [3.05, 3.63) is 83.6 Å². The van der Waals surface area contributed by atoms with Gasteiger partial charge in [0.1, 0.15) is 12.6 Å². The molecule has 30 heavy (non-hydrogen) atoms. The highest BCUT2D eigenvalue weighted by atomic mass is 15.4. The van der Waals surface area contributed by atoms with Crippen molar-refractivity contribution in [1.29, 1.82) is 0 Å². The average Bonchev–Trinajstić information content (AvgIpc) is 3.29. The molecule has 6 rings (SSSR count). The molecule has 2 aromatic carbocycles. The number of nitrogens with zero attached hydrogens (tertiary/aromatic N) is 2. The van der Waals surface area contributed by atoms with Crippen LogP contribution in [0.5, 0.6) is 0 Å². The topological polar surface area (TPSA) is 36.4 Å². The molecule has 0 aromatic heterocycles. The number of benzene rings is 2. The van der Waals surface area contributed by atoms with Crippen LogP contribution in [0.25, 0.3) is 0 Å². The maximum atomic E-state index is 5.28. The lowest BCUT2D eigenvalue weighted by molar-refractivity contribution is -0.923. The van der Waals surface area contributed by atoms with Crippen LogP contribution in [-0.4, -0.2) is 36.4 Å². The fourth-order valence-electron chi connectivity index (χ4n) is 6.71. The second-order valence-electron chi connectivity index (χ2n) is 9.46. The molecule has 3 aliphatic heterocycles. The van der Waals surface area contributed by atoms with Gasteiger partial charge in [-0.05, 0) is 41.8 Å². The molecule has 2 bridgehead atoms. The average molecular weight is 398 g/mol. The fraction of sp³-hybridized carbons (Fsp3) is 0.346. The lowest BCUT2D eigenvalue weighted by atomic mass is 9.58. The van der Waals surface area contributed by atoms with Gasteiger partial charge in [-0.3, -0.25) is 4.99 Å². The van der Waals surface area contributed by atoms with Crippen LogP contribution < -0.4 is 10.9 Å². The Balaban J connectivity index is 1.46. The van der Waals surface area contributed by atoms with Crippen molar-refractivity contribution < 1.29 is 4.48 Å². The van der Waals surface area contributed by atoms with Gasteiger partial charge in [0.15, 0.2) is 0 Å². The van der Waals surface area contributed by atoms with E-state index in [2.05, 4.69) is 73.5 Å². The molecule has 1 aliphatic carbocycles. The first kappa shape index (κ1) is 18.0. The third kappa shape index (κ3) is 2.28. The first-order valence-electron chi connectivity index (χ1n) is 11.1. The molecule has 1 spiro atoms. The van der Waals surface area contributed by atoms with E-state index in [1.807, 2.05) is 18.2 Å². The van der Waals surface area contributed by atoms with Gasteiger partial charge < -0.3 is 15.3 Å². The van der Waals surface area contributed by atoms with E-state index >= 15 is 0 Å². The molecule has 3 heterocycles. The molecule has 1 saturated carbocycles. The number of fused-ring (bicyclic) bond motifs is 2. The molecule has 152 valence electrons. The largest absolute Gasteiger partial charge is 0.319 e. The Morgan fingerprint density at radius 1 is 1.10 bits per heavy atom. The van der Waals surface area contributed by atoms with E-state index in [4.69, 9.17) is 4.99 Å². The normalized spacial score (nSPS) is 35.7. The van der Waals surface area contributed by atoms with E-state index in [9.17, 15) is 0 Å². The molecule has 2 saturated heterocycles. The fourth-order valence-corrected chi connectivity index (χ4v) is 6.71. The van der Waals surface area contributed by atoms with Crippen molar-refractivity contribution >= 4 is 17.1 Å². The van der Waals surface area contributed by atoms with Crippen molar-refractivity contribution in [3.8, 4) is 0 Å². The van der Waals surface area contributed by atoms with Gasteiger partial charge in [0.05, 0.1) is 36.1 Å². The van der Waals surface area contributed by atoms with Crippen molar-refractivity contribution in [1.82, 2.24) is 5.43 Å². The summed E-state index contributed by atoms with van der Waals surface area (Å²) in [5.74, 6) is 0.454. The number of likely N-dealkylation sites (N-methyl/N-ethyl adjacent to an activating group) is 1. The highest BCUT2D eigenvalue weighted by molar-refractivity contribution is 6.14. The number of aliphatic imine (C=N–C) groups is 1. The Labute approximate surface area is 178 Å². The molecule has 4 aliphatic rings. The predicted octanol–water partition coefficient (Wildman–Crippen LogP) is 4.71. The van der Waals surface area contributed by atoms with Crippen LogP contribution in [-0.2, 0) is 5.41 Å². The van der Waals surface area contributed by atoms with Crippen LogP contribution in [0.15, 0.2) is 83.0 Å². The first-order valence-corrected chi connectivity index (χ1v) is 11.1. The number of hydrogen-bond donors (Lipinski definition) is 2. The van der Waals surface area contributed by atoms with Crippen molar-refractivity contribution in [2.75, 3.05) is 25.6 Å². The van der Waals surface area contributed by atoms with Gasteiger partial charge in [-0.1, -0.05) is 42.5 Å². The summed E-state index contributed by atoms with van der Waals surface area (Å²) in [6, 6.07) is 19.8. The molecule has 0 radical (unpaired) electrons. The molecule has 4 nitrogen and oxygen atoms in total. The van der Waals surface area contributed by atoms with Crippen molar-refractivity contribution in [2.45, 2.75) is 31.2 Å². The Kier molecular flexibility index (Phi) is 3.79. The molecule has 3 fully saturated rings. The molecular weight excluding hydrogens is 368 g/mol. The van der Waals surface area contributed by atoms with Gasteiger partial charge in [-0.2, -0.15) is 0 Å². The van der Waals surface area contributed by atoms with Gasteiger partial charge in [0.25, 0.3) is 0 Å². The minimum absolute atomic E-state index is 0.0708. The Morgan fingerprint density at radius 3 is 2.73 bits per heavy atom. The second kappa shape index (κ2) is 6.32. The number of para-hydroxylation sites is 2. The van der Waals surface area contributed by atoms with Gasteiger partial charge in [-0.25, -0.2) is 0 Å². The van der Waals surface area contributed by atoms with E-state index in [1.165, 1.54) is 41.9 Å². The monoisotopic (exact) mass is 397 g/mol. The smallest absolute Gasteiger partial charge is 0.106 e. The van der Waals surface area contributed by atoms with Crippen LogP contribution in [0.2, 0.25) is 0 Å². The number of allylic oxidation sites excluding steroid dienone is 2. The summed E-state index contributed by atoms with van der Waals surface area (Å²) >= 11 is 0. The minimum Gasteiger partial charge on any atom is -0.319 e. The maximum Gasteiger partial charge on any atom is 0.106 e. The molecular formula is C26H29N4+. The Morgan fingerprint density at radius 2 is 1.90 bits per heavy atom. The number of nitrogens with one attached hydrogen (secondary N) is 2. The highest BCUT2D eigenvalue weighted by Crippen LogP contribution is 2.61. The maximum absolute atomic E-state index is 5.28. The van der Waals surface area contributed by atoms with E-state index in [-0.39, 0.29) is 5.41 Å². The van der Waals surface area contributed by atoms with Gasteiger partial charge in [0, 0.05) is 25.0 Å². The highest BCUT2D eigenvalue weighted by Gasteiger charge is 2.68. The van der Waals surface area contributed by atoms with Crippen LogP contribution in [0.3, 0.4) is 0 Å². The number of anilines is 1. The zero-order valence-corrected chi connectivity index (χ0v) is 17.7. The second-order valence-corrected chi connectivity index (χ2v) is 9.46. The number of quaternary nitrogens is 1. The molecule has 4 heteroatoms. The van der Waals surface area contributed by atoms with Gasteiger partial charge >= 0.3 is 0 Å². The molecule has 2 aromatic rings. The van der Waals surface area contributed by atoms with Crippen molar-refractivity contribution in [3.63, 3.8) is 0 Å². The van der Waals surface area contributed by atoms with E-state index in [1.54, 1.807) is 5.57 Å². The van der Waals surface area contributed by atoms with Crippen LogP contribution in [0.1, 0.15) is 25.3 Å². The summed E-state index contributed by atoms with van der Waals surface area (Å²) in [6.45, 7) is 4.59.